The third-order valence-electron chi connectivity index (χ3n) is 4.82. The zero-order valence-electron chi connectivity index (χ0n) is 13.3. The Morgan fingerprint density at radius 2 is 2.12 bits per heavy atom. The molecule has 0 bridgehead atoms. The summed E-state index contributed by atoms with van der Waals surface area (Å²) in [5.41, 5.74) is 6.83. The van der Waals surface area contributed by atoms with Crippen molar-refractivity contribution < 1.29 is 8.94 Å². The second-order valence-electron chi connectivity index (χ2n) is 6.47. The first-order valence-electron chi connectivity index (χ1n) is 8.13. The fraction of sp³-hybridized carbons (Fsp3) is 0.294. The molecule has 0 radical (unpaired) electrons. The molecule has 2 N–H and O–H groups in total. The van der Waals surface area contributed by atoms with Gasteiger partial charge in [-0.25, -0.2) is 4.98 Å². The Hall–Kier alpha value is -3.00. The number of rotatable bonds is 3. The fourth-order valence-electron chi connectivity index (χ4n) is 3.18. The minimum atomic E-state index is -0.492. The molecule has 126 valence electrons. The third kappa shape index (κ3) is 2.11. The predicted molar refractivity (Wildman–Crippen MR) is 88.9 cm³/mol. The number of benzene rings is 1. The zero-order valence-corrected chi connectivity index (χ0v) is 13.3. The Kier molecular flexibility index (Phi) is 2.87. The van der Waals surface area contributed by atoms with Gasteiger partial charge in [-0.1, -0.05) is 17.3 Å². The highest BCUT2D eigenvalue weighted by molar-refractivity contribution is 6.01. The molecule has 1 fully saturated rings. The van der Waals surface area contributed by atoms with E-state index in [4.69, 9.17) is 14.7 Å². The highest BCUT2D eigenvalue weighted by atomic mass is 16.5. The number of fused-ring (bicyclic) bond motifs is 3. The minimum Gasteiger partial charge on any atom is -0.448 e. The summed E-state index contributed by atoms with van der Waals surface area (Å²) in [6.07, 6.45) is 4.22. The lowest BCUT2D eigenvalue weighted by Crippen LogP contribution is -2.44. The highest BCUT2D eigenvalue weighted by Gasteiger charge is 2.39. The Balaban J connectivity index is 1.54. The van der Waals surface area contributed by atoms with Gasteiger partial charge in [-0.15, -0.1) is 0 Å². The topological polar surface area (TPSA) is 113 Å². The number of furan rings is 1. The van der Waals surface area contributed by atoms with Crippen molar-refractivity contribution in [2.24, 2.45) is 5.73 Å². The molecule has 4 aromatic rings. The van der Waals surface area contributed by atoms with Crippen LogP contribution < -0.4 is 11.3 Å². The van der Waals surface area contributed by atoms with Gasteiger partial charge >= 0.3 is 0 Å². The van der Waals surface area contributed by atoms with E-state index < -0.39 is 5.54 Å². The Morgan fingerprint density at radius 1 is 1.28 bits per heavy atom. The van der Waals surface area contributed by atoms with Gasteiger partial charge in [0.2, 0.25) is 11.5 Å². The molecule has 1 aromatic carbocycles. The average Bonchev–Trinajstić information content (AvgIpc) is 3.20. The molecule has 0 aliphatic heterocycles. The molecule has 5 rings (SSSR count). The fourth-order valence-corrected chi connectivity index (χ4v) is 3.18. The largest absolute Gasteiger partial charge is 0.448 e. The van der Waals surface area contributed by atoms with Gasteiger partial charge in [0.25, 0.3) is 5.56 Å². The summed E-state index contributed by atoms with van der Waals surface area (Å²) < 4.78 is 12.3. The Labute approximate surface area is 141 Å². The molecule has 25 heavy (non-hydrogen) atoms. The average molecular weight is 337 g/mol. The van der Waals surface area contributed by atoms with E-state index >= 15 is 0 Å². The molecule has 1 aliphatic rings. The maximum atomic E-state index is 12.7. The molecular weight excluding hydrogens is 322 g/mol. The first-order chi connectivity index (χ1) is 12.1. The van der Waals surface area contributed by atoms with Crippen molar-refractivity contribution in [2.75, 3.05) is 0 Å². The van der Waals surface area contributed by atoms with E-state index in [1.807, 2.05) is 24.3 Å². The monoisotopic (exact) mass is 337 g/mol. The lowest BCUT2D eigenvalue weighted by Gasteiger charge is -2.34. The van der Waals surface area contributed by atoms with E-state index in [0.29, 0.717) is 22.8 Å². The van der Waals surface area contributed by atoms with Crippen LogP contribution in [0.25, 0.3) is 22.1 Å². The van der Waals surface area contributed by atoms with E-state index in [0.717, 1.165) is 24.6 Å². The van der Waals surface area contributed by atoms with Gasteiger partial charge in [0, 0.05) is 5.39 Å². The van der Waals surface area contributed by atoms with Gasteiger partial charge in [0.1, 0.15) is 17.6 Å². The van der Waals surface area contributed by atoms with Crippen LogP contribution in [0, 0.1) is 0 Å². The molecule has 0 amide bonds. The lowest BCUT2D eigenvalue weighted by molar-refractivity contribution is 0.228. The molecule has 8 nitrogen and oxygen atoms in total. The molecule has 0 atom stereocenters. The molecule has 3 aromatic heterocycles. The lowest BCUT2D eigenvalue weighted by atomic mass is 9.77. The van der Waals surface area contributed by atoms with Crippen molar-refractivity contribution in [3.05, 3.63) is 52.7 Å². The van der Waals surface area contributed by atoms with Crippen molar-refractivity contribution in [1.29, 1.82) is 0 Å². The summed E-state index contributed by atoms with van der Waals surface area (Å²) in [6, 6.07) is 7.42. The van der Waals surface area contributed by atoms with Gasteiger partial charge in [-0.05, 0) is 31.4 Å². The molecule has 0 spiro atoms. The van der Waals surface area contributed by atoms with Crippen LogP contribution in [-0.4, -0.2) is 19.7 Å². The van der Waals surface area contributed by atoms with E-state index in [9.17, 15) is 4.79 Å². The number of hydrogen-bond donors (Lipinski definition) is 1. The van der Waals surface area contributed by atoms with Gasteiger partial charge in [-0.3, -0.25) is 9.36 Å². The second kappa shape index (κ2) is 5.00. The third-order valence-corrected chi connectivity index (χ3v) is 4.82. The molecule has 0 unspecified atom stereocenters. The van der Waals surface area contributed by atoms with E-state index in [1.165, 1.54) is 10.9 Å². The number of nitrogens with two attached hydrogens (primary N) is 1. The van der Waals surface area contributed by atoms with E-state index in [-0.39, 0.29) is 17.7 Å². The van der Waals surface area contributed by atoms with Crippen molar-refractivity contribution in [3.8, 4) is 0 Å². The van der Waals surface area contributed by atoms with Crippen molar-refractivity contribution >= 4 is 22.1 Å². The van der Waals surface area contributed by atoms with Crippen molar-refractivity contribution in [2.45, 2.75) is 31.3 Å². The summed E-state index contributed by atoms with van der Waals surface area (Å²) in [4.78, 5) is 21.4. The van der Waals surface area contributed by atoms with Crippen LogP contribution >= 0.6 is 0 Å². The summed E-state index contributed by atoms with van der Waals surface area (Å²) in [5.74, 6) is 0.825. The zero-order chi connectivity index (χ0) is 17.0. The van der Waals surface area contributed by atoms with Crippen LogP contribution in [0.1, 0.15) is 31.0 Å². The van der Waals surface area contributed by atoms with Crippen molar-refractivity contribution in [1.82, 2.24) is 19.7 Å². The number of nitrogens with zero attached hydrogens (tertiary/aromatic N) is 4. The Morgan fingerprint density at radius 3 is 2.92 bits per heavy atom. The van der Waals surface area contributed by atoms with Crippen molar-refractivity contribution in [3.63, 3.8) is 0 Å². The molecule has 8 heteroatoms. The highest BCUT2D eigenvalue weighted by Crippen LogP contribution is 2.36. The van der Waals surface area contributed by atoms with Crippen LogP contribution in [0.2, 0.25) is 0 Å². The first kappa shape index (κ1) is 14.4. The quantitative estimate of drug-likeness (QED) is 0.607. The second-order valence-corrected chi connectivity index (χ2v) is 6.47. The maximum absolute atomic E-state index is 12.7. The van der Waals surface area contributed by atoms with E-state index in [2.05, 4.69) is 15.1 Å². The summed E-state index contributed by atoms with van der Waals surface area (Å²) in [5, 5.41) is 4.78. The van der Waals surface area contributed by atoms with Crippen LogP contribution in [-0.2, 0) is 12.1 Å². The van der Waals surface area contributed by atoms with E-state index in [1.54, 1.807) is 0 Å². The predicted octanol–water partition coefficient (Wildman–Crippen LogP) is 1.91. The minimum absolute atomic E-state index is 0.127. The Bertz CT molecular complexity index is 1150. The molecule has 3 heterocycles. The molecule has 1 saturated carbocycles. The number of para-hydroxylation sites is 1. The summed E-state index contributed by atoms with van der Waals surface area (Å²) in [7, 11) is 0. The van der Waals surface area contributed by atoms with Gasteiger partial charge in [0.05, 0.1) is 11.9 Å². The first-order valence-corrected chi connectivity index (χ1v) is 8.13. The van der Waals surface area contributed by atoms with Gasteiger partial charge in [0.15, 0.2) is 5.82 Å². The van der Waals surface area contributed by atoms with Gasteiger partial charge < -0.3 is 14.7 Å². The van der Waals surface area contributed by atoms with Crippen LogP contribution in [0.4, 0.5) is 0 Å². The van der Waals surface area contributed by atoms with Crippen LogP contribution in [0.5, 0.6) is 0 Å². The molecule has 1 aliphatic carbocycles. The normalized spacial score (nSPS) is 16.4. The summed E-state index contributed by atoms with van der Waals surface area (Å²) >= 11 is 0. The SMILES string of the molecule is NC1(c2noc(Cn3cnc4c(oc5ccccc54)c3=O)n2)CCC1. The molecular formula is C17H15N5O3. The smallest absolute Gasteiger partial charge is 0.297 e. The van der Waals surface area contributed by atoms with Crippen LogP contribution in [0.3, 0.4) is 0 Å². The molecule has 0 saturated heterocycles. The number of hydrogen-bond acceptors (Lipinski definition) is 7. The van der Waals surface area contributed by atoms with Gasteiger partial charge in [-0.2, -0.15) is 4.98 Å². The number of aromatic nitrogens is 4. The maximum Gasteiger partial charge on any atom is 0.297 e. The van der Waals surface area contributed by atoms with Crippen LogP contribution in [0.15, 0.2) is 44.3 Å². The standard InChI is InChI=1S/C17H15N5O3/c18-17(6-3-7-17)16-20-12(25-21-16)8-22-9-19-13-10-4-1-2-5-11(10)24-14(13)15(22)23/h1-2,4-5,9H,3,6-8,18H2. The summed E-state index contributed by atoms with van der Waals surface area (Å²) in [6.45, 7) is 0.127.